The summed E-state index contributed by atoms with van der Waals surface area (Å²) in [6.45, 7) is 2.51. The topological polar surface area (TPSA) is 56.7 Å². The van der Waals surface area contributed by atoms with Gasteiger partial charge in [0.15, 0.2) is 0 Å². The van der Waals surface area contributed by atoms with Crippen molar-refractivity contribution in [1.82, 2.24) is 15.0 Å². The minimum Gasteiger partial charge on any atom is -0.325 e. The molecule has 2 rings (SSSR count). The zero-order chi connectivity index (χ0) is 11.5. The van der Waals surface area contributed by atoms with Crippen molar-refractivity contribution in [2.75, 3.05) is 0 Å². The van der Waals surface area contributed by atoms with E-state index in [-0.39, 0.29) is 0 Å². The van der Waals surface area contributed by atoms with Gasteiger partial charge in [-0.05, 0) is 30.7 Å². The Morgan fingerprint density at radius 1 is 1.31 bits per heavy atom. The average molecular weight is 281 g/mol. The molecule has 0 aliphatic rings. The lowest BCUT2D eigenvalue weighted by atomic mass is 10.2. The average Bonchev–Trinajstić information content (AvgIpc) is 2.72. The molecule has 0 aliphatic carbocycles. The van der Waals surface area contributed by atoms with Gasteiger partial charge in [0.05, 0.1) is 17.1 Å². The minimum atomic E-state index is 0.430. The molecule has 84 valence electrons. The van der Waals surface area contributed by atoms with Gasteiger partial charge in [0, 0.05) is 11.0 Å². The number of hydrogen-bond donors (Lipinski definition) is 1. The normalized spacial score (nSPS) is 10.7. The second kappa shape index (κ2) is 4.76. The standard InChI is InChI=1S/C11H13BrN4/c1-2-11-10(7-13)14-15-16(11)9-5-3-8(12)4-6-9/h3-6H,2,7,13H2,1H3. The zero-order valence-electron chi connectivity index (χ0n) is 9.02. The molecular formula is C11H13BrN4. The predicted octanol–water partition coefficient (Wildman–Crippen LogP) is 2.05. The van der Waals surface area contributed by atoms with Crippen molar-refractivity contribution in [3.05, 3.63) is 40.1 Å². The number of rotatable bonds is 3. The van der Waals surface area contributed by atoms with Crippen LogP contribution in [0.3, 0.4) is 0 Å². The molecule has 0 saturated carbocycles. The van der Waals surface area contributed by atoms with E-state index in [0.29, 0.717) is 6.54 Å². The highest BCUT2D eigenvalue weighted by molar-refractivity contribution is 9.10. The molecule has 1 heterocycles. The van der Waals surface area contributed by atoms with Gasteiger partial charge in [-0.25, -0.2) is 4.68 Å². The monoisotopic (exact) mass is 280 g/mol. The van der Waals surface area contributed by atoms with E-state index in [2.05, 4.69) is 33.2 Å². The fourth-order valence-corrected chi connectivity index (χ4v) is 1.90. The molecule has 5 heteroatoms. The molecule has 0 atom stereocenters. The Hall–Kier alpha value is -1.20. The van der Waals surface area contributed by atoms with Crippen molar-refractivity contribution in [2.45, 2.75) is 19.9 Å². The number of halogens is 1. The third kappa shape index (κ3) is 2.01. The summed E-state index contributed by atoms with van der Waals surface area (Å²) in [5.41, 5.74) is 8.57. The van der Waals surface area contributed by atoms with Crippen LogP contribution in [0.15, 0.2) is 28.7 Å². The first-order valence-corrected chi connectivity index (χ1v) is 5.95. The molecule has 0 saturated heterocycles. The van der Waals surface area contributed by atoms with Crippen molar-refractivity contribution in [3.63, 3.8) is 0 Å². The van der Waals surface area contributed by atoms with Crippen molar-refractivity contribution in [2.24, 2.45) is 5.73 Å². The maximum atomic E-state index is 5.62. The third-order valence-corrected chi connectivity index (χ3v) is 2.97. The maximum Gasteiger partial charge on any atom is 0.0999 e. The summed E-state index contributed by atoms with van der Waals surface area (Å²) >= 11 is 3.41. The fraction of sp³-hybridized carbons (Fsp3) is 0.273. The Kier molecular flexibility index (Phi) is 3.36. The minimum absolute atomic E-state index is 0.430. The molecule has 0 radical (unpaired) electrons. The van der Waals surface area contributed by atoms with Gasteiger partial charge in [0.2, 0.25) is 0 Å². The zero-order valence-corrected chi connectivity index (χ0v) is 10.6. The van der Waals surface area contributed by atoms with Crippen LogP contribution in [-0.4, -0.2) is 15.0 Å². The SMILES string of the molecule is CCc1c(CN)nnn1-c1ccc(Br)cc1. The van der Waals surface area contributed by atoms with E-state index >= 15 is 0 Å². The second-order valence-corrected chi connectivity index (χ2v) is 4.34. The summed E-state index contributed by atoms with van der Waals surface area (Å²) < 4.78 is 2.89. The van der Waals surface area contributed by atoms with Crippen molar-refractivity contribution < 1.29 is 0 Å². The van der Waals surface area contributed by atoms with Gasteiger partial charge in [-0.2, -0.15) is 0 Å². The van der Waals surface area contributed by atoms with Crippen molar-refractivity contribution in [1.29, 1.82) is 0 Å². The molecule has 16 heavy (non-hydrogen) atoms. The van der Waals surface area contributed by atoms with Crippen LogP contribution in [0, 0.1) is 0 Å². The molecule has 1 aromatic heterocycles. The summed E-state index contributed by atoms with van der Waals surface area (Å²) in [6, 6.07) is 7.97. The van der Waals surface area contributed by atoms with Crippen LogP contribution < -0.4 is 5.73 Å². The number of aromatic nitrogens is 3. The van der Waals surface area contributed by atoms with Gasteiger partial charge in [-0.15, -0.1) is 5.10 Å². The molecule has 0 aliphatic heterocycles. The summed E-state index contributed by atoms with van der Waals surface area (Å²) in [4.78, 5) is 0. The number of nitrogens with two attached hydrogens (primary N) is 1. The Morgan fingerprint density at radius 2 is 2.00 bits per heavy atom. The third-order valence-electron chi connectivity index (χ3n) is 2.44. The second-order valence-electron chi connectivity index (χ2n) is 3.43. The number of benzene rings is 1. The lowest BCUT2D eigenvalue weighted by Gasteiger charge is -2.05. The molecule has 0 amide bonds. The van der Waals surface area contributed by atoms with Crippen molar-refractivity contribution in [3.8, 4) is 5.69 Å². The quantitative estimate of drug-likeness (QED) is 0.936. The Balaban J connectivity index is 2.47. The van der Waals surface area contributed by atoms with E-state index in [9.17, 15) is 0 Å². The van der Waals surface area contributed by atoms with E-state index in [1.54, 1.807) is 0 Å². The molecule has 1 aromatic carbocycles. The van der Waals surface area contributed by atoms with E-state index in [1.165, 1.54) is 0 Å². The van der Waals surface area contributed by atoms with Crippen LogP contribution in [0.4, 0.5) is 0 Å². The van der Waals surface area contributed by atoms with E-state index < -0.39 is 0 Å². The van der Waals surface area contributed by atoms with Crippen LogP contribution in [-0.2, 0) is 13.0 Å². The molecule has 0 fully saturated rings. The van der Waals surface area contributed by atoms with E-state index in [1.807, 2.05) is 28.9 Å². The fourth-order valence-electron chi connectivity index (χ4n) is 1.63. The first kappa shape index (κ1) is 11.3. The first-order chi connectivity index (χ1) is 7.76. The maximum absolute atomic E-state index is 5.62. The van der Waals surface area contributed by atoms with Gasteiger partial charge in [-0.1, -0.05) is 28.1 Å². The van der Waals surface area contributed by atoms with Crippen LogP contribution in [0.25, 0.3) is 5.69 Å². The van der Waals surface area contributed by atoms with E-state index in [0.717, 1.165) is 28.0 Å². The molecule has 0 spiro atoms. The van der Waals surface area contributed by atoms with Crippen LogP contribution in [0.2, 0.25) is 0 Å². The van der Waals surface area contributed by atoms with Gasteiger partial charge in [-0.3, -0.25) is 0 Å². The highest BCUT2D eigenvalue weighted by Crippen LogP contribution is 2.16. The lowest BCUT2D eigenvalue weighted by Crippen LogP contribution is -2.05. The van der Waals surface area contributed by atoms with Gasteiger partial charge < -0.3 is 5.73 Å². The van der Waals surface area contributed by atoms with Crippen LogP contribution >= 0.6 is 15.9 Å². The number of nitrogens with zero attached hydrogens (tertiary/aromatic N) is 3. The van der Waals surface area contributed by atoms with Gasteiger partial charge in [0.1, 0.15) is 0 Å². The summed E-state index contributed by atoms with van der Waals surface area (Å²) in [5, 5.41) is 8.21. The van der Waals surface area contributed by atoms with E-state index in [4.69, 9.17) is 5.73 Å². The highest BCUT2D eigenvalue weighted by atomic mass is 79.9. The molecule has 2 N–H and O–H groups in total. The van der Waals surface area contributed by atoms with Crippen LogP contribution in [0.5, 0.6) is 0 Å². The molecule has 2 aromatic rings. The van der Waals surface area contributed by atoms with Gasteiger partial charge >= 0.3 is 0 Å². The Morgan fingerprint density at radius 3 is 2.56 bits per heavy atom. The summed E-state index contributed by atoms with van der Waals surface area (Å²) in [5.74, 6) is 0. The van der Waals surface area contributed by atoms with Crippen LogP contribution in [0.1, 0.15) is 18.3 Å². The molecular weight excluding hydrogens is 268 g/mol. The largest absolute Gasteiger partial charge is 0.325 e. The van der Waals surface area contributed by atoms with Crippen molar-refractivity contribution >= 4 is 15.9 Å². The predicted molar refractivity (Wildman–Crippen MR) is 66.3 cm³/mol. The van der Waals surface area contributed by atoms with Gasteiger partial charge in [0.25, 0.3) is 0 Å². The summed E-state index contributed by atoms with van der Waals surface area (Å²) in [7, 11) is 0. The number of hydrogen-bond acceptors (Lipinski definition) is 3. The molecule has 0 bridgehead atoms. The Bertz CT molecular complexity index is 475. The lowest BCUT2D eigenvalue weighted by molar-refractivity contribution is 0.767. The molecule has 4 nitrogen and oxygen atoms in total. The first-order valence-electron chi connectivity index (χ1n) is 5.15. The molecule has 0 unspecified atom stereocenters. The smallest absolute Gasteiger partial charge is 0.0999 e. The Labute approximate surface area is 103 Å². The highest BCUT2D eigenvalue weighted by Gasteiger charge is 2.10. The summed E-state index contributed by atoms with van der Waals surface area (Å²) in [6.07, 6.45) is 0.871.